The van der Waals surface area contributed by atoms with Crippen molar-refractivity contribution in [1.82, 2.24) is 14.9 Å². The van der Waals surface area contributed by atoms with Crippen LogP contribution in [0.4, 0.5) is 5.69 Å². The van der Waals surface area contributed by atoms with Crippen molar-refractivity contribution in [2.45, 2.75) is 18.9 Å². The van der Waals surface area contributed by atoms with Gasteiger partial charge in [0.15, 0.2) is 5.58 Å². The third kappa shape index (κ3) is 2.83. The van der Waals surface area contributed by atoms with Gasteiger partial charge in [0.1, 0.15) is 5.69 Å². The molecule has 1 aliphatic rings. The summed E-state index contributed by atoms with van der Waals surface area (Å²) in [7, 11) is 0. The van der Waals surface area contributed by atoms with Crippen LogP contribution in [0.2, 0.25) is 0 Å². The Hall–Kier alpha value is -2.67. The standard InChI is InChI=1S/C16H16N4O3/c21-16(7-14-13-3-1-2-4-15(13)23-19-14)18-11-8-17-20(9-11)12-5-6-22-10-12/h1-4,8-9,12H,5-7,10H2,(H,18,21)/t12-/m1/s1. The van der Waals surface area contributed by atoms with E-state index in [-0.39, 0.29) is 18.4 Å². The van der Waals surface area contributed by atoms with Crippen LogP contribution in [0.5, 0.6) is 0 Å². The number of carbonyl (C=O) groups excluding carboxylic acids is 1. The lowest BCUT2D eigenvalue weighted by molar-refractivity contribution is -0.115. The predicted molar refractivity (Wildman–Crippen MR) is 83.0 cm³/mol. The molecule has 1 N–H and O–H groups in total. The van der Waals surface area contributed by atoms with Crippen LogP contribution in [-0.4, -0.2) is 34.1 Å². The predicted octanol–water partition coefficient (Wildman–Crippen LogP) is 2.17. The van der Waals surface area contributed by atoms with Gasteiger partial charge in [0.05, 0.1) is 31.0 Å². The average molecular weight is 312 g/mol. The first-order chi connectivity index (χ1) is 11.3. The molecule has 2 aromatic heterocycles. The minimum atomic E-state index is -0.147. The first kappa shape index (κ1) is 14.0. The first-order valence-corrected chi connectivity index (χ1v) is 7.54. The third-order valence-electron chi connectivity index (χ3n) is 3.95. The van der Waals surface area contributed by atoms with Gasteiger partial charge >= 0.3 is 0 Å². The summed E-state index contributed by atoms with van der Waals surface area (Å²) in [5, 5.41) is 12.0. The molecule has 3 heterocycles. The fourth-order valence-corrected chi connectivity index (χ4v) is 2.76. The molecule has 3 aromatic rings. The zero-order chi connectivity index (χ0) is 15.6. The Bertz CT molecular complexity index is 833. The maximum absolute atomic E-state index is 12.2. The van der Waals surface area contributed by atoms with Gasteiger partial charge < -0.3 is 14.6 Å². The number of carbonyl (C=O) groups is 1. The molecule has 0 saturated carbocycles. The second-order valence-electron chi connectivity index (χ2n) is 5.58. The Morgan fingerprint density at radius 2 is 2.30 bits per heavy atom. The number of hydrogen-bond acceptors (Lipinski definition) is 5. The van der Waals surface area contributed by atoms with Crippen molar-refractivity contribution in [3.05, 3.63) is 42.4 Å². The number of amides is 1. The van der Waals surface area contributed by atoms with Gasteiger partial charge in [-0.15, -0.1) is 0 Å². The summed E-state index contributed by atoms with van der Waals surface area (Å²) in [6.45, 7) is 1.42. The molecule has 1 aliphatic heterocycles. The number of nitrogens with zero attached hydrogens (tertiary/aromatic N) is 3. The van der Waals surface area contributed by atoms with E-state index < -0.39 is 0 Å². The SMILES string of the molecule is O=C(Cc1noc2ccccc12)Nc1cnn([C@@H]2CCOC2)c1. The second kappa shape index (κ2) is 5.85. The molecule has 1 amide bonds. The van der Waals surface area contributed by atoms with Crippen molar-refractivity contribution in [2.75, 3.05) is 18.5 Å². The van der Waals surface area contributed by atoms with E-state index in [4.69, 9.17) is 9.26 Å². The zero-order valence-electron chi connectivity index (χ0n) is 12.4. The fraction of sp³-hybridized carbons (Fsp3) is 0.312. The number of benzene rings is 1. The molecule has 0 unspecified atom stereocenters. The van der Waals surface area contributed by atoms with Crippen molar-refractivity contribution in [3.8, 4) is 0 Å². The normalized spacial score (nSPS) is 17.7. The van der Waals surface area contributed by atoms with Crippen LogP contribution in [0.25, 0.3) is 11.0 Å². The van der Waals surface area contributed by atoms with E-state index in [1.54, 1.807) is 6.20 Å². The molecule has 0 aliphatic carbocycles. The minimum absolute atomic E-state index is 0.147. The summed E-state index contributed by atoms with van der Waals surface area (Å²) in [4.78, 5) is 12.2. The van der Waals surface area contributed by atoms with Gasteiger partial charge in [-0.25, -0.2) is 0 Å². The highest BCUT2D eigenvalue weighted by molar-refractivity contribution is 5.94. The lowest BCUT2D eigenvalue weighted by Gasteiger charge is -2.06. The molecular weight excluding hydrogens is 296 g/mol. The van der Waals surface area contributed by atoms with Crippen LogP contribution in [0.15, 0.2) is 41.2 Å². The molecular formula is C16H16N4O3. The number of para-hydroxylation sites is 1. The maximum atomic E-state index is 12.2. The van der Waals surface area contributed by atoms with Crippen LogP contribution >= 0.6 is 0 Å². The van der Waals surface area contributed by atoms with E-state index in [2.05, 4.69) is 15.6 Å². The van der Waals surface area contributed by atoms with Gasteiger partial charge in [0.25, 0.3) is 0 Å². The van der Waals surface area contributed by atoms with E-state index in [0.717, 1.165) is 18.4 Å². The largest absolute Gasteiger partial charge is 0.379 e. The third-order valence-corrected chi connectivity index (χ3v) is 3.95. The Morgan fingerprint density at radius 3 is 3.17 bits per heavy atom. The highest BCUT2D eigenvalue weighted by Gasteiger charge is 2.19. The van der Waals surface area contributed by atoms with Gasteiger partial charge in [-0.3, -0.25) is 9.48 Å². The summed E-state index contributed by atoms with van der Waals surface area (Å²) in [6.07, 6.45) is 4.59. The molecule has 0 bridgehead atoms. The van der Waals surface area contributed by atoms with Crippen molar-refractivity contribution in [2.24, 2.45) is 0 Å². The Balaban J connectivity index is 1.43. The van der Waals surface area contributed by atoms with E-state index in [0.29, 0.717) is 23.6 Å². The van der Waals surface area contributed by atoms with Crippen LogP contribution in [-0.2, 0) is 16.0 Å². The minimum Gasteiger partial charge on any atom is -0.379 e. The molecule has 118 valence electrons. The Kier molecular flexibility index (Phi) is 3.55. The van der Waals surface area contributed by atoms with Gasteiger partial charge in [-0.2, -0.15) is 5.10 Å². The number of rotatable bonds is 4. The number of ether oxygens (including phenoxy) is 1. The zero-order valence-corrected chi connectivity index (χ0v) is 12.4. The molecule has 1 fully saturated rings. The quantitative estimate of drug-likeness (QED) is 0.798. The van der Waals surface area contributed by atoms with Gasteiger partial charge in [0.2, 0.25) is 5.91 Å². The summed E-state index contributed by atoms with van der Waals surface area (Å²) in [6, 6.07) is 7.75. The Labute approximate surface area is 132 Å². The van der Waals surface area contributed by atoms with E-state index >= 15 is 0 Å². The molecule has 1 atom stereocenters. The smallest absolute Gasteiger partial charge is 0.230 e. The van der Waals surface area contributed by atoms with E-state index in [1.165, 1.54) is 0 Å². The average Bonchev–Trinajstić information content (AvgIpc) is 3.27. The molecule has 0 spiro atoms. The maximum Gasteiger partial charge on any atom is 0.230 e. The van der Waals surface area contributed by atoms with Crippen molar-refractivity contribution in [3.63, 3.8) is 0 Å². The van der Waals surface area contributed by atoms with Crippen molar-refractivity contribution in [1.29, 1.82) is 0 Å². The monoisotopic (exact) mass is 312 g/mol. The molecule has 7 nitrogen and oxygen atoms in total. The second-order valence-corrected chi connectivity index (χ2v) is 5.58. The number of fused-ring (bicyclic) bond motifs is 1. The molecule has 0 radical (unpaired) electrons. The number of hydrogen-bond donors (Lipinski definition) is 1. The van der Waals surface area contributed by atoms with Crippen molar-refractivity contribution < 1.29 is 14.1 Å². The number of anilines is 1. The van der Waals surface area contributed by atoms with E-state index in [9.17, 15) is 4.79 Å². The fourth-order valence-electron chi connectivity index (χ4n) is 2.76. The van der Waals surface area contributed by atoms with Gasteiger partial charge in [0, 0.05) is 18.2 Å². The van der Waals surface area contributed by atoms with Crippen LogP contribution < -0.4 is 5.32 Å². The molecule has 4 rings (SSSR count). The topological polar surface area (TPSA) is 82.2 Å². The lowest BCUT2D eigenvalue weighted by atomic mass is 10.1. The summed E-state index contributed by atoms with van der Waals surface area (Å²) < 4.78 is 12.4. The van der Waals surface area contributed by atoms with Crippen LogP contribution in [0.3, 0.4) is 0 Å². The lowest BCUT2D eigenvalue weighted by Crippen LogP contribution is -2.14. The van der Waals surface area contributed by atoms with E-state index in [1.807, 2.05) is 35.1 Å². The highest BCUT2D eigenvalue weighted by Crippen LogP contribution is 2.21. The molecule has 1 saturated heterocycles. The molecule has 7 heteroatoms. The van der Waals surface area contributed by atoms with Crippen LogP contribution in [0, 0.1) is 0 Å². The van der Waals surface area contributed by atoms with Crippen molar-refractivity contribution >= 4 is 22.6 Å². The summed E-state index contributed by atoms with van der Waals surface area (Å²) >= 11 is 0. The summed E-state index contributed by atoms with van der Waals surface area (Å²) in [5.74, 6) is -0.147. The number of nitrogens with one attached hydrogen (secondary N) is 1. The molecule has 23 heavy (non-hydrogen) atoms. The number of aromatic nitrogens is 3. The van der Waals surface area contributed by atoms with Crippen LogP contribution in [0.1, 0.15) is 18.2 Å². The highest BCUT2D eigenvalue weighted by atomic mass is 16.5. The Morgan fingerprint density at radius 1 is 1.39 bits per heavy atom. The van der Waals surface area contributed by atoms with Gasteiger partial charge in [-0.1, -0.05) is 17.3 Å². The summed E-state index contributed by atoms with van der Waals surface area (Å²) in [5.41, 5.74) is 1.99. The first-order valence-electron chi connectivity index (χ1n) is 7.54. The molecule has 1 aromatic carbocycles. The van der Waals surface area contributed by atoms with Gasteiger partial charge in [-0.05, 0) is 18.6 Å².